The monoisotopic (exact) mass is 225 g/mol. The molecule has 3 nitrogen and oxygen atoms in total. The number of fused-ring (bicyclic) bond motifs is 1. The third-order valence-corrected chi connectivity index (χ3v) is 3.30. The number of hydrogen-bond acceptors (Lipinski definition) is 3. The fraction of sp³-hybridized carbons (Fsp3) is 0.286. The molecule has 0 saturated heterocycles. The third-order valence-electron chi connectivity index (χ3n) is 3.30. The first-order chi connectivity index (χ1) is 8.34. The van der Waals surface area contributed by atoms with Crippen molar-refractivity contribution >= 4 is 5.69 Å². The van der Waals surface area contributed by atoms with Gasteiger partial charge in [0.15, 0.2) is 0 Å². The second kappa shape index (κ2) is 4.17. The Kier molecular flexibility index (Phi) is 2.52. The number of pyridine rings is 2. The van der Waals surface area contributed by atoms with E-state index in [1.807, 2.05) is 31.5 Å². The van der Waals surface area contributed by atoms with Gasteiger partial charge in [-0.05, 0) is 43.5 Å². The lowest BCUT2D eigenvalue weighted by molar-refractivity contribution is 0.744. The Balaban J connectivity index is 1.87. The van der Waals surface area contributed by atoms with Gasteiger partial charge in [-0.3, -0.25) is 9.97 Å². The Morgan fingerprint density at radius 1 is 1.18 bits per heavy atom. The molecule has 1 unspecified atom stereocenters. The maximum absolute atomic E-state index is 4.48. The molecular weight excluding hydrogens is 210 g/mol. The highest BCUT2D eigenvalue weighted by Crippen LogP contribution is 2.32. The fourth-order valence-electron chi connectivity index (χ4n) is 2.38. The zero-order valence-corrected chi connectivity index (χ0v) is 9.85. The second-order valence-corrected chi connectivity index (χ2v) is 4.42. The van der Waals surface area contributed by atoms with Crippen molar-refractivity contribution in [2.45, 2.75) is 25.8 Å². The predicted octanol–water partition coefficient (Wildman–Crippen LogP) is 2.88. The van der Waals surface area contributed by atoms with Gasteiger partial charge in [0.05, 0.1) is 23.1 Å². The minimum Gasteiger partial charge on any atom is -0.375 e. The first-order valence-electron chi connectivity index (χ1n) is 5.96. The molecule has 2 aromatic heterocycles. The summed E-state index contributed by atoms with van der Waals surface area (Å²) in [6, 6.07) is 8.54. The van der Waals surface area contributed by atoms with Crippen molar-refractivity contribution in [2.75, 3.05) is 5.32 Å². The van der Waals surface area contributed by atoms with E-state index in [9.17, 15) is 0 Å². The highest BCUT2D eigenvalue weighted by Gasteiger charge is 2.23. The molecule has 3 heteroatoms. The summed E-state index contributed by atoms with van der Waals surface area (Å²) in [6.45, 7) is 2.02. The van der Waals surface area contributed by atoms with Crippen LogP contribution in [0.4, 0.5) is 5.69 Å². The van der Waals surface area contributed by atoms with Gasteiger partial charge in [0.25, 0.3) is 0 Å². The summed E-state index contributed by atoms with van der Waals surface area (Å²) in [5.74, 6) is 0. The van der Waals surface area contributed by atoms with E-state index in [-0.39, 0.29) is 0 Å². The molecule has 0 saturated carbocycles. The SMILES string of the molecule is Cc1ncccc1NC1CCc2cccnc21. The molecule has 0 aromatic carbocycles. The Morgan fingerprint density at radius 2 is 2.00 bits per heavy atom. The van der Waals surface area contributed by atoms with E-state index in [0.717, 1.165) is 24.2 Å². The molecule has 1 N–H and O–H groups in total. The molecule has 0 spiro atoms. The summed E-state index contributed by atoms with van der Waals surface area (Å²) in [5, 5.41) is 3.54. The van der Waals surface area contributed by atoms with E-state index < -0.39 is 0 Å². The zero-order chi connectivity index (χ0) is 11.7. The highest BCUT2D eigenvalue weighted by atomic mass is 15.0. The number of aromatic nitrogens is 2. The van der Waals surface area contributed by atoms with Crippen LogP contribution < -0.4 is 5.32 Å². The maximum atomic E-state index is 4.48. The Bertz CT molecular complexity index is 536. The molecule has 1 atom stereocenters. The van der Waals surface area contributed by atoms with Gasteiger partial charge in [0.2, 0.25) is 0 Å². The first-order valence-corrected chi connectivity index (χ1v) is 5.96. The van der Waals surface area contributed by atoms with Crippen molar-refractivity contribution in [1.82, 2.24) is 9.97 Å². The van der Waals surface area contributed by atoms with Gasteiger partial charge in [-0.1, -0.05) is 6.07 Å². The van der Waals surface area contributed by atoms with Gasteiger partial charge in [-0.2, -0.15) is 0 Å². The van der Waals surface area contributed by atoms with Crippen LogP contribution in [-0.2, 0) is 6.42 Å². The summed E-state index contributed by atoms with van der Waals surface area (Å²) < 4.78 is 0. The molecule has 3 rings (SSSR count). The van der Waals surface area contributed by atoms with Crippen molar-refractivity contribution in [3.63, 3.8) is 0 Å². The van der Waals surface area contributed by atoms with E-state index >= 15 is 0 Å². The largest absolute Gasteiger partial charge is 0.375 e. The predicted molar refractivity (Wildman–Crippen MR) is 67.9 cm³/mol. The van der Waals surface area contributed by atoms with E-state index in [1.54, 1.807) is 0 Å². The molecule has 2 aromatic rings. The zero-order valence-electron chi connectivity index (χ0n) is 9.85. The van der Waals surface area contributed by atoms with Crippen molar-refractivity contribution in [3.05, 3.63) is 53.6 Å². The van der Waals surface area contributed by atoms with E-state index in [0.29, 0.717) is 6.04 Å². The fourth-order valence-corrected chi connectivity index (χ4v) is 2.38. The van der Waals surface area contributed by atoms with Gasteiger partial charge in [0.1, 0.15) is 0 Å². The van der Waals surface area contributed by atoms with Crippen LogP contribution in [0.3, 0.4) is 0 Å². The summed E-state index contributed by atoms with van der Waals surface area (Å²) in [6.07, 6.45) is 5.91. The van der Waals surface area contributed by atoms with E-state index in [2.05, 4.69) is 27.4 Å². The van der Waals surface area contributed by atoms with Crippen LogP contribution in [-0.4, -0.2) is 9.97 Å². The van der Waals surface area contributed by atoms with Crippen molar-refractivity contribution in [2.24, 2.45) is 0 Å². The topological polar surface area (TPSA) is 37.8 Å². The highest BCUT2D eigenvalue weighted by molar-refractivity contribution is 5.49. The van der Waals surface area contributed by atoms with Crippen molar-refractivity contribution < 1.29 is 0 Å². The Labute approximate surface area is 101 Å². The standard InChI is InChI=1S/C14H15N3/c1-10-12(5-3-8-15-10)17-13-7-6-11-4-2-9-16-14(11)13/h2-5,8-9,13,17H,6-7H2,1H3. The lowest BCUT2D eigenvalue weighted by Gasteiger charge is -2.15. The summed E-state index contributed by atoms with van der Waals surface area (Å²) in [4.78, 5) is 8.78. The number of rotatable bonds is 2. The molecule has 0 aliphatic heterocycles. The molecule has 1 aliphatic carbocycles. The van der Waals surface area contributed by atoms with E-state index in [1.165, 1.54) is 11.3 Å². The number of nitrogens with one attached hydrogen (secondary N) is 1. The van der Waals surface area contributed by atoms with Crippen molar-refractivity contribution in [3.8, 4) is 0 Å². The lowest BCUT2D eigenvalue weighted by Crippen LogP contribution is -2.09. The summed E-state index contributed by atoms with van der Waals surface area (Å²) in [5.41, 5.74) is 4.70. The molecule has 17 heavy (non-hydrogen) atoms. The summed E-state index contributed by atoms with van der Waals surface area (Å²) >= 11 is 0. The molecule has 0 radical (unpaired) electrons. The van der Waals surface area contributed by atoms with Gasteiger partial charge < -0.3 is 5.32 Å². The van der Waals surface area contributed by atoms with Crippen LogP contribution in [0.2, 0.25) is 0 Å². The van der Waals surface area contributed by atoms with Gasteiger partial charge in [-0.25, -0.2) is 0 Å². The number of nitrogens with zero attached hydrogens (tertiary/aromatic N) is 2. The van der Waals surface area contributed by atoms with Crippen LogP contribution in [0.1, 0.15) is 29.4 Å². The molecule has 86 valence electrons. The van der Waals surface area contributed by atoms with E-state index in [4.69, 9.17) is 0 Å². The normalized spacial score (nSPS) is 17.8. The Hall–Kier alpha value is -1.90. The molecule has 1 aliphatic rings. The Morgan fingerprint density at radius 3 is 2.88 bits per heavy atom. The average Bonchev–Trinajstić information content (AvgIpc) is 2.76. The third kappa shape index (κ3) is 1.88. The van der Waals surface area contributed by atoms with Gasteiger partial charge in [-0.15, -0.1) is 0 Å². The minimum atomic E-state index is 0.328. The van der Waals surface area contributed by atoms with Gasteiger partial charge >= 0.3 is 0 Å². The van der Waals surface area contributed by atoms with Gasteiger partial charge in [0, 0.05) is 12.4 Å². The van der Waals surface area contributed by atoms with Crippen LogP contribution >= 0.6 is 0 Å². The maximum Gasteiger partial charge on any atom is 0.0691 e. The number of anilines is 1. The number of hydrogen-bond donors (Lipinski definition) is 1. The van der Waals surface area contributed by atoms with Crippen LogP contribution in [0, 0.1) is 6.92 Å². The van der Waals surface area contributed by atoms with Crippen molar-refractivity contribution in [1.29, 1.82) is 0 Å². The molecule has 0 bridgehead atoms. The molecule has 0 amide bonds. The summed E-state index contributed by atoms with van der Waals surface area (Å²) in [7, 11) is 0. The second-order valence-electron chi connectivity index (χ2n) is 4.42. The van der Waals surface area contributed by atoms with Crippen LogP contribution in [0.15, 0.2) is 36.7 Å². The lowest BCUT2D eigenvalue weighted by atomic mass is 10.2. The van der Waals surface area contributed by atoms with Crippen LogP contribution in [0.25, 0.3) is 0 Å². The molecule has 2 heterocycles. The van der Waals surface area contributed by atoms with Crippen LogP contribution in [0.5, 0.6) is 0 Å². The number of aryl methyl sites for hydroxylation is 2. The smallest absolute Gasteiger partial charge is 0.0691 e. The average molecular weight is 225 g/mol. The minimum absolute atomic E-state index is 0.328. The molecular formula is C14H15N3. The first kappa shape index (κ1) is 10.3. The quantitative estimate of drug-likeness (QED) is 0.854. The molecule has 0 fully saturated rings.